The van der Waals surface area contributed by atoms with Gasteiger partial charge in [-0.2, -0.15) is 4.98 Å². The first kappa shape index (κ1) is 43.1. The van der Waals surface area contributed by atoms with Crippen LogP contribution in [-0.4, -0.2) is 174 Å². The molecule has 2 aliphatic heterocycles. The first-order chi connectivity index (χ1) is 29.1. The highest BCUT2D eigenvalue weighted by atomic mass is 32.1. The number of aromatic nitrogens is 5. The van der Waals surface area contributed by atoms with Crippen LogP contribution in [0.1, 0.15) is 18.4 Å². The SMILES string of the molecule is COc1nsc(NC(=O)N2C[C@H]3CC(N(C)c4ncnc5c4ccn5C(=O)N(C)CCN(C)C(=O)OCc4ccc(O[C@@H]5O[C@H](C(=O)O)[C@@H](O)[C@H](O)[C@H]5O)c(F)c4)C[C@H]3C2)n1. The van der Waals surface area contributed by atoms with E-state index in [4.69, 9.17) is 18.9 Å². The number of anilines is 2. The largest absolute Gasteiger partial charge is 0.479 e. The van der Waals surface area contributed by atoms with Gasteiger partial charge in [0.25, 0.3) is 0 Å². The van der Waals surface area contributed by atoms with Crippen LogP contribution >= 0.6 is 11.5 Å². The maximum atomic E-state index is 14.9. The zero-order valence-corrected chi connectivity index (χ0v) is 34.2. The number of urea groups is 1. The average Bonchev–Trinajstić information content (AvgIpc) is 4.06. The number of rotatable bonds is 12. The number of nitrogens with one attached hydrogen (secondary N) is 1. The highest BCUT2D eigenvalue weighted by Crippen LogP contribution is 2.42. The molecule has 0 bridgehead atoms. The fourth-order valence-corrected chi connectivity index (χ4v) is 8.27. The number of ether oxygens (including phenoxy) is 4. The smallest absolute Gasteiger partial charge is 0.409 e. The summed E-state index contributed by atoms with van der Waals surface area (Å²) in [5.41, 5.74) is 0.645. The van der Waals surface area contributed by atoms with E-state index in [0.29, 0.717) is 46.9 Å². The number of likely N-dealkylation sites (tertiary alicyclic amines) is 1. The number of fused-ring (bicyclic) bond motifs is 2. The number of methoxy groups -OCH3 is 1. The molecule has 3 aliphatic rings. The van der Waals surface area contributed by atoms with Gasteiger partial charge in [0, 0.05) is 71.1 Å². The molecule has 5 heterocycles. The third-order valence-corrected chi connectivity index (χ3v) is 11.8. The predicted octanol–water partition coefficient (Wildman–Crippen LogP) is 1.25. The Kier molecular flexibility index (Phi) is 12.7. The molecule has 8 atom stereocenters. The Hall–Kier alpha value is -5.95. The molecule has 2 saturated heterocycles. The summed E-state index contributed by atoms with van der Waals surface area (Å²) in [4.78, 5) is 70.3. The number of hydrogen-bond donors (Lipinski definition) is 5. The Morgan fingerprint density at radius 1 is 1.00 bits per heavy atom. The zero-order chi connectivity index (χ0) is 43.7. The molecule has 3 fully saturated rings. The maximum absolute atomic E-state index is 14.9. The van der Waals surface area contributed by atoms with Crippen molar-refractivity contribution >= 4 is 57.6 Å². The number of halogens is 1. The second-order valence-corrected chi connectivity index (χ2v) is 15.8. The van der Waals surface area contributed by atoms with Crippen molar-refractivity contribution in [1.82, 2.24) is 38.6 Å². The van der Waals surface area contributed by atoms with Crippen molar-refractivity contribution in [3.63, 3.8) is 0 Å². The summed E-state index contributed by atoms with van der Waals surface area (Å²) in [6.45, 7) is 1.12. The molecule has 24 heteroatoms. The third-order valence-electron chi connectivity index (χ3n) is 11.2. The summed E-state index contributed by atoms with van der Waals surface area (Å²) in [5, 5.41) is 43.1. The number of aliphatic hydroxyl groups is 3. The number of nitrogens with zero attached hydrogens (tertiary/aromatic N) is 9. The summed E-state index contributed by atoms with van der Waals surface area (Å²) in [7, 11) is 6.50. The van der Waals surface area contributed by atoms with E-state index in [2.05, 4.69) is 29.5 Å². The number of hydrogen-bond acceptors (Lipinski definition) is 17. The number of carbonyl (C=O) groups excluding carboxylic acids is 3. The van der Waals surface area contributed by atoms with Gasteiger partial charge >= 0.3 is 30.1 Å². The molecule has 3 aromatic heterocycles. The Bertz CT molecular complexity index is 2250. The minimum atomic E-state index is -1.94. The third kappa shape index (κ3) is 9.07. The normalized spacial score (nSPS) is 24.6. The summed E-state index contributed by atoms with van der Waals surface area (Å²) in [5.74, 6) is -1.73. The van der Waals surface area contributed by atoms with Gasteiger partial charge in [-0.1, -0.05) is 6.07 Å². The van der Waals surface area contributed by atoms with Crippen molar-refractivity contribution in [2.75, 3.05) is 64.6 Å². The molecule has 1 aliphatic carbocycles. The van der Waals surface area contributed by atoms with Crippen LogP contribution in [0, 0.1) is 17.7 Å². The minimum absolute atomic E-state index is 0.0893. The molecule has 1 saturated carbocycles. The number of carbonyl (C=O) groups is 4. The lowest BCUT2D eigenvalue weighted by molar-refractivity contribution is -0.271. The van der Waals surface area contributed by atoms with Crippen molar-refractivity contribution in [3.05, 3.63) is 48.2 Å². The lowest BCUT2D eigenvalue weighted by Gasteiger charge is -2.38. The van der Waals surface area contributed by atoms with Crippen LogP contribution in [0.5, 0.6) is 11.8 Å². The predicted molar refractivity (Wildman–Crippen MR) is 211 cm³/mol. The molecular weight excluding hydrogens is 828 g/mol. The van der Waals surface area contributed by atoms with E-state index in [1.165, 1.54) is 40.9 Å². The minimum Gasteiger partial charge on any atom is -0.479 e. The molecule has 22 nitrogen and oxygen atoms in total. The molecule has 0 spiro atoms. The second-order valence-electron chi connectivity index (χ2n) is 15.1. The summed E-state index contributed by atoms with van der Waals surface area (Å²) in [6.07, 6.45) is -5.46. The number of carboxylic acids is 1. The van der Waals surface area contributed by atoms with Crippen LogP contribution in [0.4, 0.5) is 29.7 Å². The molecule has 1 aromatic carbocycles. The Morgan fingerprint density at radius 2 is 1.72 bits per heavy atom. The van der Waals surface area contributed by atoms with E-state index < -0.39 is 60.4 Å². The molecule has 328 valence electrons. The van der Waals surface area contributed by atoms with E-state index in [1.807, 2.05) is 7.05 Å². The van der Waals surface area contributed by atoms with Gasteiger partial charge < -0.3 is 59.0 Å². The quantitative estimate of drug-likeness (QED) is 0.134. The average molecular weight is 873 g/mol. The van der Waals surface area contributed by atoms with Crippen LogP contribution < -0.4 is 19.7 Å². The fraction of sp³-hybridized carbons (Fsp3) is 0.514. The first-order valence-corrected chi connectivity index (χ1v) is 19.9. The Morgan fingerprint density at radius 3 is 2.39 bits per heavy atom. The standard InChI is InChI=1S/C37H45FN10O12S/c1-44(9-10-45(2)37(56)58-16-18-5-6-24(23(38)11-18)59-32-27(51)25(49)26(50)28(60-32)31(52)53)36(55)48-8-7-22-29(39-17-40-30(22)48)46(3)21-12-19-14-47(15-20(19)13-21)35(54)42-34-41-33(57-4)43-61-34/h5-8,11,17,19-21,25-28,32,49-51H,9-10,12-16H2,1-4H3,(H,52,53)(H,41,42,43,54)/t19-,20+,21?,25-,26-,27+,28-,32+/m0/s1. The van der Waals surface area contributed by atoms with E-state index in [9.17, 15) is 44.0 Å². The molecular formula is C37H45FN10O12S. The molecule has 5 N–H and O–H groups in total. The molecule has 61 heavy (non-hydrogen) atoms. The van der Waals surface area contributed by atoms with E-state index >= 15 is 0 Å². The summed E-state index contributed by atoms with van der Waals surface area (Å²) < 4.78 is 40.9. The molecule has 0 radical (unpaired) electrons. The number of benzene rings is 1. The number of likely N-dealkylation sites (N-methyl/N-ethyl adjacent to an activating group) is 2. The Balaban J connectivity index is 0.878. The zero-order valence-electron chi connectivity index (χ0n) is 33.4. The fourth-order valence-electron chi connectivity index (χ4n) is 7.74. The van der Waals surface area contributed by atoms with Gasteiger partial charge in [0.2, 0.25) is 11.4 Å². The van der Waals surface area contributed by atoms with Crippen molar-refractivity contribution in [2.24, 2.45) is 11.8 Å². The van der Waals surface area contributed by atoms with Crippen LogP contribution in [0.15, 0.2) is 36.8 Å². The molecule has 4 amide bonds. The van der Waals surface area contributed by atoms with Crippen LogP contribution in [0.25, 0.3) is 11.0 Å². The van der Waals surface area contributed by atoms with Gasteiger partial charge in [-0.25, -0.2) is 33.5 Å². The molecule has 7 rings (SSSR count). The lowest BCUT2D eigenvalue weighted by atomic mass is 9.99. The first-order valence-electron chi connectivity index (χ1n) is 19.1. The van der Waals surface area contributed by atoms with Gasteiger partial charge in [0.05, 0.1) is 12.5 Å². The second kappa shape index (κ2) is 18.0. The van der Waals surface area contributed by atoms with E-state index in [0.717, 1.165) is 36.5 Å². The number of aliphatic hydroxyl groups excluding tert-OH is 3. The van der Waals surface area contributed by atoms with Crippen LogP contribution in [-0.2, 0) is 20.9 Å². The van der Waals surface area contributed by atoms with Crippen LogP contribution in [0.2, 0.25) is 0 Å². The molecule has 4 aromatic rings. The number of carboxylic acid groups (broad SMARTS) is 1. The van der Waals surface area contributed by atoms with Gasteiger partial charge in [-0.15, -0.1) is 4.37 Å². The highest BCUT2D eigenvalue weighted by molar-refractivity contribution is 7.10. The summed E-state index contributed by atoms with van der Waals surface area (Å²) in [6, 6.07) is 5.05. The van der Waals surface area contributed by atoms with E-state index in [1.54, 1.807) is 24.2 Å². The van der Waals surface area contributed by atoms with Crippen molar-refractivity contribution in [2.45, 2.75) is 56.2 Å². The molecule has 1 unspecified atom stereocenters. The van der Waals surface area contributed by atoms with E-state index in [-0.39, 0.29) is 43.3 Å². The van der Waals surface area contributed by atoms with Crippen molar-refractivity contribution < 1.29 is 62.9 Å². The monoisotopic (exact) mass is 872 g/mol. The number of amides is 4. The van der Waals surface area contributed by atoms with Crippen molar-refractivity contribution in [3.8, 4) is 11.8 Å². The lowest BCUT2D eigenvalue weighted by Crippen LogP contribution is -2.61. The van der Waals surface area contributed by atoms with Gasteiger partial charge in [0.15, 0.2) is 23.3 Å². The van der Waals surface area contributed by atoms with Crippen molar-refractivity contribution in [1.29, 1.82) is 0 Å². The maximum Gasteiger partial charge on any atom is 0.409 e. The Labute approximate surface area is 351 Å². The topological polar surface area (TPSA) is 268 Å². The van der Waals surface area contributed by atoms with Crippen LogP contribution in [0.3, 0.4) is 0 Å². The van der Waals surface area contributed by atoms with Gasteiger partial charge in [0.1, 0.15) is 37.1 Å². The van der Waals surface area contributed by atoms with Gasteiger partial charge in [-0.3, -0.25) is 9.88 Å². The highest BCUT2D eigenvalue weighted by Gasteiger charge is 2.48. The van der Waals surface area contributed by atoms with Gasteiger partial charge in [-0.05, 0) is 48.4 Å². The number of aliphatic carboxylic acids is 1. The summed E-state index contributed by atoms with van der Waals surface area (Å²) >= 11 is 1.06.